The summed E-state index contributed by atoms with van der Waals surface area (Å²) >= 11 is 0. The molecule has 0 bridgehead atoms. The van der Waals surface area contributed by atoms with Crippen LogP contribution in [0.4, 0.5) is 5.69 Å². The second-order valence-electron chi connectivity index (χ2n) is 4.77. The zero-order chi connectivity index (χ0) is 14.4. The first-order valence-corrected chi connectivity index (χ1v) is 6.23. The van der Waals surface area contributed by atoms with Crippen LogP contribution in [0, 0.1) is 5.92 Å². The smallest absolute Gasteiger partial charge is 0.251 e. The van der Waals surface area contributed by atoms with Gasteiger partial charge in [0, 0.05) is 18.2 Å². The van der Waals surface area contributed by atoms with Gasteiger partial charge < -0.3 is 15.7 Å². The number of aliphatic hydroxyl groups excluding tert-OH is 1. The zero-order valence-electron chi connectivity index (χ0n) is 11.4. The molecule has 5 heteroatoms. The normalized spacial score (nSPS) is 12.1. The number of benzene rings is 1. The Labute approximate surface area is 113 Å². The van der Waals surface area contributed by atoms with Crippen molar-refractivity contribution in [2.45, 2.75) is 26.8 Å². The van der Waals surface area contributed by atoms with E-state index in [0.717, 1.165) is 0 Å². The predicted octanol–water partition coefficient (Wildman–Crippen LogP) is 1.39. The van der Waals surface area contributed by atoms with E-state index >= 15 is 0 Å². The molecule has 5 nitrogen and oxygen atoms in total. The Kier molecular flexibility index (Phi) is 5.51. The quantitative estimate of drug-likeness (QED) is 0.752. The van der Waals surface area contributed by atoms with Gasteiger partial charge in [-0.05, 0) is 24.1 Å². The van der Waals surface area contributed by atoms with Crippen LogP contribution in [-0.4, -0.2) is 29.6 Å². The van der Waals surface area contributed by atoms with Gasteiger partial charge in [-0.1, -0.05) is 19.9 Å². The summed E-state index contributed by atoms with van der Waals surface area (Å²) in [4.78, 5) is 23.0. The van der Waals surface area contributed by atoms with Crippen LogP contribution in [0.1, 0.15) is 31.1 Å². The third-order valence-electron chi connectivity index (χ3n) is 2.76. The Morgan fingerprint density at radius 3 is 2.53 bits per heavy atom. The van der Waals surface area contributed by atoms with Gasteiger partial charge >= 0.3 is 0 Å². The van der Waals surface area contributed by atoms with E-state index < -0.39 is 0 Å². The van der Waals surface area contributed by atoms with Gasteiger partial charge in [-0.2, -0.15) is 0 Å². The van der Waals surface area contributed by atoms with Crippen LogP contribution in [0.15, 0.2) is 24.3 Å². The molecule has 104 valence electrons. The van der Waals surface area contributed by atoms with E-state index in [2.05, 4.69) is 10.6 Å². The molecule has 0 fully saturated rings. The number of carbonyl (C=O) groups excluding carboxylic acids is 2. The van der Waals surface area contributed by atoms with E-state index in [1.807, 2.05) is 13.8 Å². The summed E-state index contributed by atoms with van der Waals surface area (Å²) < 4.78 is 0. The monoisotopic (exact) mass is 264 g/mol. The second kappa shape index (κ2) is 6.89. The molecule has 0 heterocycles. The van der Waals surface area contributed by atoms with Crippen molar-refractivity contribution in [1.82, 2.24) is 5.32 Å². The number of nitrogens with one attached hydrogen (secondary N) is 2. The summed E-state index contributed by atoms with van der Waals surface area (Å²) in [7, 11) is 0. The number of carbonyl (C=O) groups is 2. The lowest BCUT2D eigenvalue weighted by molar-refractivity contribution is -0.114. The number of hydrogen-bond acceptors (Lipinski definition) is 3. The van der Waals surface area contributed by atoms with Gasteiger partial charge in [-0.15, -0.1) is 0 Å². The fourth-order valence-corrected chi connectivity index (χ4v) is 1.62. The van der Waals surface area contributed by atoms with Crippen molar-refractivity contribution in [2.24, 2.45) is 5.92 Å². The van der Waals surface area contributed by atoms with Crippen LogP contribution in [0.3, 0.4) is 0 Å². The Morgan fingerprint density at radius 2 is 2.00 bits per heavy atom. The molecule has 1 aromatic carbocycles. The van der Waals surface area contributed by atoms with E-state index in [1.165, 1.54) is 6.92 Å². The van der Waals surface area contributed by atoms with Crippen LogP contribution in [0.5, 0.6) is 0 Å². The molecule has 1 rings (SSSR count). The average molecular weight is 264 g/mol. The standard InChI is InChI=1S/C14H20N2O3/c1-9(2)13(8-17)16-14(19)11-5-4-6-12(7-11)15-10(3)18/h4-7,9,13,17H,8H2,1-3H3,(H,15,18)(H,16,19)/t13-/m1/s1. The van der Waals surface area contributed by atoms with Crippen molar-refractivity contribution < 1.29 is 14.7 Å². The molecule has 0 saturated carbocycles. The van der Waals surface area contributed by atoms with Gasteiger partial charge in [-0.25, -0.2) is 0 Å². The van der Waals surface area contributed by atoms with Gasteiger partial charge in [0.05, 0.1) is 12.6 Å². The van der Waals surface area contributed by atoms with Crippen LogP contribution >= 0.6 is 0 Å². The van der Waals surface area contributed by atoms with E-state index in [0.29, 0.717) is 11.3 Å². The third kappa shape index (κ3) is 4.71. The van der Waals surface area contributed by atoms with Crippen LogP contribution in [0.25, 0.3) is 0 Å². The van der Waals surface area contributed by atoms with Crippen molar-refractivity contribution in [3.8, 4) is 0 Å². The molecular weight excluding hydrogens is 244 g/mol. The van der Waals surface area contributed by atoms with E-state index in [9.17, 15) is 14.7 Å². The van der Waals surface area contributed by atoms with Gasteiger partial charge in [0.1, 0.15) is 0 Å². The minimum Gasteiger partial charge on any atom is -0.394 e. The summed E-state index contributed by atoms with van der Waals surface area (Å²) in [5.74, 6) is -0.305. The summed E-state index contributed by atoms with van der Waals surface area (Å²) in [6, 6.07) is 6.39. The highest BCUT2D eigenvalue weighted by Gasteiger charge is 2.16. The molecule has 0 aliphatic heterocycles. The SMILES string of the molecule is CC(=O)Nc1cccc(C(=O)N[C@H](CO)C(C)C)c1. The fraction of sp³-hybridized carbons (Fsp3) is 0.429. The topological polar surface area (TPSA) is 78.4 Å². The Hall–Kier alpha value is -1.88. The van der Waals surface area contributed by atoms with Crippen molar-refractivity contribution in [2.75, 3.05) is 11.9 Å². The molecule has 0 aliphatic carbocycles. The van der Waals surface area contributed by atoms with E-state index in [4.69, 9.17) is 0 Å². The largest absolute Gasteiger partial charge is 0.394 e. The van der Waals surface area contributed by atoms with E-state index in [1.54, 1.807) is 24.3 Å². The van der Waals surface area contributed by atoms with Gasteiger partial charge in [0.25, 0.3) is 5.91 Å². The highest BCUT2D eigenvalue weighted by atomic mass is 16.3. The highest BCUT2D eigenvalue weighted by molar-refractivity contribution is 5.96. The zero-order valence-corrected chi connectivity index (χ0v) is 11.4. The summed E-state index contributed by atoms with van der Waals surface area (Å²) in [6.07, 6.45) is 0. The minimum atomic E-state index is -0.281. The van der Waals surface area contributed by atoms with Crippen LogP contribution in [0.2, 0.25) is 0 Å². The second-order valence-corrected chi connectivity index (χ2v) is 4.77. The molecule has 0 aromatic heterocycles. The summed E-state index contributed by atoms with van der Waals surface area (Å²) in [6.45, 7) is 5.16. The van der Waals surface area contributed by atoms with E-state index in [-0.39, 0.29) is 30.4 Å². The molecular formula is C14H20N2O3. The van der Waals surface area contributed by atoms with Crippen molar-refractivity contribution in [3.05, 3.63) is 29.8 Å². The van der Waals surface area contributed by atoms with Crippen LogP contribution < -0.4 is 10.6 Å². The number of rotatable bonds is 5. The molecule has 19 heavy (non-hydrogen) atoms. The van der Waals surface area contributed by atoms with Crippen molar-refractivity contribution >= 4 is 17.5 Å². The fourth-order valence-electron chi connectivity index (χ4n) is 1.62. The first-order valence-electron chi connectivity index (χ1n) is 6.23. The lowest BCUT2D eigenvalue weighted by Crippen LogP contribution is -2.41. The molecule has 2 amide bonds. The maximum absolute atomic E-state index is 12.0. The summed E-state index contributed by atoms with van der Waals surface area (Å²) in [5.41, 5.74) is 1.02. The molecule has 0 unspecified atom stereocenters. The van der Waals surface area contributed by atoms with Crippen molar-refractivity contribution in [1.29, 1.82) is 0 Å². The molecule has 1 aromatic rings. The highest BCUT2D eigenvalue weighted by Crippen LogP contribution is 2.11. The van der Waals surface area contributed by atoms with Crippen molar-refractivity contribution in [3.63, 3.8) is 0 Å². The van der Waals surface area contributed by atoms with Gasteiger partial charge in [0.15, 0.2) is 0 Å². The number of amides is 2. The number of anilines is 1. The molecule has 0 saturated heterocycles. The van der Waals surface area contributed by atoms with Gasteiger partial charge in [0.2, 0.25) is 5.91 Å². The Balaban J connectivity index is 2.79. The maximum atomic E-state index is 12.0. The average Bonchev–Trinajstić information content (AvgIpc) is 2.34. The van der Waals surface area contributed by atoms with Gasteiger partial charge in [-0.3, -0.25) is 9.59 Å². The lowest BCUT2D eigenvalue weighted by atomic mass is 10.0. The molecule has 1 atom stereocenters. The molecule has 0 radical (unpaired) electrons. The number of aliphatic hydroxyl groups is 1. The predicted molar refractivity (Wildman–Crippen MR) is 73.9 cm³/mol. The molecule has 0 aliphatic rings. The first kappa shape index (κ1) is 15.2. The summed E-state index contributed by atoms with van der Waals surface area (Å²) in [5, 5.41) is 14.6. The maximum Gasteiger partial charge on any atom is 0.251 e. The number of hydrogen-bond donors (Lipinski definition) is 3. The van der Waals surface area contributed by atoms with Crippen LogP contribution in [-0.2, 0) is 4.79 Å². The lowest BCUT2D eigenvalue weighted by Gasteiger charge is -2.20. The first-order chi connectivity index (χ1) is 8.93. The third-order valence-corrected chi connectivity index (χ3v) is 2.76. The minimum absolute atomic E-state index is 0.102. The Morgan fingerprint density at radius 1 is 1.32 bits per heavy atom. The Bertz CT molecular complexity index is 458. The molecule has 0 spiro atoms. The molecule has 3 N–H and O–H groups in total.